The smallest absolute Gasteiger partial charge is 0.267 e. The van der Waals surface area contributed by atoms with Crippen molar-refractivity contribution in [1.82, 2.24) is 10.3 Å². The number of aromatic nitrogens is 1. The van der Waals surface area contributed by atoms with E-state index >= 15 is 0 Å². The number of ether oxygens (including phenoxy) is 1. The van der Waals surface area contributed by atoms with Crippen molar-refractivity contribution in [3.8, 4) is 5.75 Å². The molecule has 1 fully saturated rings. The van der Waals surface area contributed by atoms with Crippen molar-refractivity contribution in [3.05, 3.63) is 23.0 Å². The molecule has 120 valence electrons. The summed E-state index contributed by atoms with van der Waals surface area (Å²) in [4.78, 5) is 16.0. The van der Waals surface area contributed by atoms with Crippen LogP contribution in [-0.2, 0) is 12.0 Å². The molecule has 1 aliphatic carbocycles. The molecule has 1 aliphatic heterocycles. The van der Waals surface area contributed by atoms with Gasteiger partial charge in [-0.2, -0.15) is 0 Å². The molecule has 3 rings (SSSR count). The first-order valence-corrected chi connectivity index (χ1v) is 8.15. The quantitative estimate of drug-likeness (QED) is 0.873. The Morgan fingerprint density at radius 1 is 1.45 bits per heavy atom. The number of carbonyl (C=O) groups is 1. The van der Waals surface area contributed by atoms with Gasteiger partial charge in [-0.15, -0.1) is 0 Å². The van der Waals surface area contributed by atoms with Crippen molar-refractivity contribution in [3.63, 3.8) is 0 Å². The molecule has 0 saturated heterocycles. The molecule has 0 spiro atoms. The average molecular weight is 303 g/mol. The molecule has 0 bridgehead atoms. The van der Waals surface area contributed by atoms with Crippen LogP contribution in [0.3, 0.4) is 0 Å². The molecule has 1 aromatic rings. The zero-order chi connectivity index (χ0) is 15.7. The number of rotatable bonds is 5. The lowest BCUT2D eigenvalue weighted by Gasteiger charge is -2.16. The van der Waals surface area contributed by atoms with Gasteiger partial charge in [0.1, 0.15) is 11.4 Å². The number of carbonyl (C=O) groups excluding carboxylic acids is 1. The van der Waals surface area contributed by atoms with E-state index in [0.29, 0.717) is 18.8 Å². The third-order valence-corrected chi connectivity index (χ3v) is 4.74. The van der Waals surface area contributed by atoms with Crippen molar-refractivity contribution < 1.29 is 9.53 Å². The Morgan fingerprint density at radius 3 is 2.86 bits per heavy atom. The van der Waals surface area contributed by atoms with Gasteiger partial charge in [-0.1, -0.05) is 26.7 Å². The molecule has 0 aromatic carbocycles. The SMILES string of the molecule is CC1(C)COc2c(CNCC3CCCC3)cc(C(N)=O)nc21. The second-order valence-corrected chi connectivity index (χ2v) is 7.16. The van der Waals surface area contributed by atoms with E-state index in [1.54, 1.807) is 6.07 Å². The molecule has 2 aliphatic rings. The number of pyridine rings is 1. The summed E-state index contributed by atoms with van der Waals surface area (Å²) < 4.78 is 5.85. The van der Waals surface area contributed by atoms with Crippen molar-refractivity contribution >= 4 is 5.91 Å². The molecule has 2 heterocycles. The Morgan fingerprint density at radius 2 is 2.18 bits per heavy atom. The van der Waals surface area contributed by atoms with Gasteiger partial charge in [0.25, 0.3) is 5.91 Å². The lowest BCUT2D eigenvalue weighted by molar-refractivity contribution is 0.0995. The number of nitrogens with two attached hydrogens (primary N) is 1. The maximum absolute atomic E-state index is 11.5. The Hall–Kier alpha value is -1.62. The van der Waals surface area contributed by atoms with Crippen LogP contribution in [-0.4, -0.2) is 24.0 Å². The minimum Gasteiger partial charge on any atom is -0.490 e. The van der Waals surface area contributed by atoms with E-state index in [0.717, 1.165) is 29.5 Å². The molecule has 5 nitrogen and oxygen atoms in total. The third-order valence-electron chi connectivity index (χ3n) is 4.74. The largest absolute Gasteiger partial charge is 0.490 e. The van der Waals surface area contributed by atoms with Gasteiger partial charge in [-0.3, -0.25) is 4.79 Å². The molecule has 1 saturated carbocycles. The fourth-order valence-electron chi connectivity index (χ4n) is 3.41. The standard InChI is InChI=1S/C17H25N3O2/c1-17(2)10-22-14-12(7-13(16(18)21)20-15(14)17)9-19-8-11-5-3-4-6-11/h7,11,19H,3-6,8-10H2,1-2H3,(H2,18,21). The van der Waals surface area contributed by atoms with Gasteiger partial charge in [0.15, 0.2) is 0 Å². The van der Waals surface area contributed by atoms with Gasteiger partial charge in [0.05, 0.1) is 12.3 Å². The Balaban J connectivity index is 1.79. The van der Waals surface area contributed by atoms with Crippen LogP contribution >= 0.6 is 0 Å². The maximum atomic E-state index is 11.5. The Labute approximate surface area is 131 Å². The second kappa shape index (κ2) is 5.88. The zero-order valence-corrected chi connectivity index (χ0v) is 13.4. The highest BCUT2D eigenvalue weighted by atomic mass is 16.5. The van der Waals surface area contributed by atoms with Crippen molar-refractivity contribution in [2.45, 2.75) is 51.5 Å². The molecule has 1 aromatic heterocycles. The van der Waals surface area contributed by atoms with Crippen LogP contribution in [0.4, 0.5) is 0 Å². The van der Waals surface area contributed by atoms with Gasteiger partial charge in [0.2, 0.25) is 0 Å². The second-order valence-electron chi connectivity index (χ2n) is 7.16. The summed E-state index contributed by atoms with van der Waals surface area (Å²) in [6.07, 6.45) is 5.33. The summed E-state index contributed by atoms with van der Waals surface area (Å²) in [5.41, 5.74) is 7.42. The number of fused-ring (bicyclic) bond motifs is 1. The number of amides is 1. The van der Waals surface area contributed by atoms with Crippen molar-refractivity contribution in [2.24, 2.45) is 11.7 Å². The highest BCUT2D eigenvalue weighted by Gasteiger charge is 2.36. The monoisotopic (exact) mass is 303 g/mol. The zero-order valence-electron chi connectivity index (χ0n) is 13.4. The molecular weight excluding hydrogens is 278 g/mol. The summed E-state index contributed by atoms with van der Waals surface area (Å²) in [5, 5.41) is 3.51. The summed E-state index contributed by atoms with van der Waals surface area (Å²) in [6, 6.07) is 1.77. The first kappa shape index (κ1) is 15.3. The highest BCUT2D eigenvalue weighted by molar-refractivity contribution is 5.91. The summed E-state index contributed by atoms with van der Waals surface area (Å²) in [5.74, 6) is 1.12. The number of hydrogen-bond acceptors (Lipinski definition) is 4. The molecular formula is C17H25N3O2. The van der Waals surface area contributed by atoms with Crippen LogP contribution in [0.1, 0.15) is 61.3 Å². The first-order valence-electron chi connectivity index (χ1n) is 8.15. The molecule has 3 N–H and O–H groups in total. The number of hydrogen-bond donors (Lipinski definition) is 2. The van der Waals surface area contributed by atoms with Gasteiger partial charge in [-0.25, -0.2) is 4.98 Å². The van der Waals surface area contributed by atoms with Crippen LogP contribution in [0.15, 0.2) is 6.07 Å². The van der Waals surface area contributed by atoms with Crippen molar-refractivity contribution in [2.75, 3.05) is 13.2 Å². The number of nitrogens with one attached hydrogen (secondary N) is 1. The van der Waals surface area contributed by atoms with Crippen LogP contribution in [0, 0.1) is 5.92 Å². The lowest BCUT2D eigenvalue weighted by Crippen LogP contribution is -2.23. The van der Waals surface area contributed by atoms with Gasteiger partial charge >= 0.3 is 0 Å². The number of primary amides is 1. The Kier molecular flexibility index (Phi) is 4.08. The molecule has 0 unspecified atom stereocenters. The molecule has 0 atom stereocenters. The van der Waals surface area contributed by atoms with Crippen molar-refractivity contribution in [1.29, 1.82) is 0 Å². The minimum absolute atomic E-state index is 0.180. The van der Waals surface area contributed by atoms with E-state index in [9.17, 15) is 4.79 Å². The van der Waals surface area contributed by atoms with E-state index in [-0.39, 0.29) is 5.41 Å². The predicted molar refractivity (Wildman–Crippen MR) is 84.9 cm³/mol. The molecule has 22 heavy (non-hydrogen) atoms. The van der Waals surface area contributed by atoms with Gasteiger partial charge in [0, 0.05) is 17.5 Å². The molecule has 5 heteroatoms. The topological polar surface area (TPSA) is 77.2 Å². The van der Waals surface area contributed by atoms with Crippen LogP contribution < -0.4 is 15.8 Å². The maximum Gasteiger partial charge on any atom is 0.267 e. The highest BCUT2D eigenvalue weighted by Crippen LogP contribution is 2.39. The minimum atomic E-state index is -0.484. The summed E-state index contributed by atoms with van der Waals surface area (Å²) in [7, 11) is 0. The van der Waals surface area contributed by atoms with E-state index < -0.39 is 5.91 Å². The van der Waals surface area contributed by atoms with E-state index in [1.165, 1.54) is 25.7 Å². The van der Waals surface area contributed by atoms with E-state index in [2.05, 4.69) is 24.1 Å². The third kappa shape index (κ3) is 2.95. The lowest BCUT2D eigenvalue weighted by atomic mass is 9.90. The predicted octanol–water partition coefficient (Wildman–Crippen LogP) is 2.13. The fourth-order valence-corrected chi connectivity index (χ4v) is 3.41. The fraction of sp³-hybridized carbons (Fsp3) is 0.647. The summed E-state index contributed by atoms with van der Waals surface area (Å²) in [6.45, 7) is 6.45. The average Bonchev–Trinajstić information content (AvgIpc) is 3.07. The normalized spacial score (nSPS) is 19.9. The van der Waals surface area contributed by atoms with Crippen LogP contribution in [0.5, 0.6) is 5.75 Å². The van der Waals surface area contributed by atoms with Gasteiger partial charge < -0.3 is 15.8 Å². The van der Waals surface area contributed by atoms with Gasteiger partial charge in [-0.05, 0) is 31.4 Å². The van der Waals surface area contributed by atoms with Crippen LogP contribution in [0.2, 0.25) is 0 Å². The number of nitrogens with zero attached hydrogens (tertiary/aromatic N) is 1. The van der Waals surface area contributed by atoms with E-state index in [4.69, 9.17) is 10.5 Å². The molecule has 0 radical (unpaired) electrons. The first-order chi connectivity index (χ1) is 10.5. The Bertz CT molecular complexity index is 578. The van der Waals surface area contributed by atoms with Crippen LogP contribution in [0.25, 0.3) is 0 Å². The summed E-state index contributed by atoms with van der Waals surface area (Å²) >= 11 is 0. The molecule has 1 amide bonds. The van der Waals surface area contributed by atoms with E-state index in [1.807, 2.05) is 0 Å².